The number of rotatable bonds is 2. The average molecular weight is 377 g/mol. The van der Waals surface area contributed by atoms with Crippen molar-refractivity contribution in [3.8, 4) is 0 Å². The summed E-state index contributed by atoms with van der Waals surface area (Å²) in [6.07, 6.45) is 2.87. The molecule has 26 heavy (non-hydrogen) atoms. The molecule has 1 aromatic carbocycles. The van der Waals surface area contributed by atoms with Crippen molar-refractivity contribution in [2.75, 3.05) is 25.9 Å². The van der Waals surface area contributed by atoms with Crippen LogP contribution in [0.5, 0.6) is 0 Å². The van der Waals surface area contributed by atoms with Gasteiger partial charge in [-0.3, -0.25) is 9.59 Å². The first-order valence-electron chi connectivity index (χ1n) is 8.96. The number of fused-ring (bicyclic) bond motifs is 2. The Morgan fingerprint density at radius 1 is 1.15 bits per heavy atom. The molecule has 2 atom stereocenters. The maximum atomic E-state index is 13.2. The van der Waals surface area contributed by atoms with Gasteiger partial charge in [0.15, 0.2) is 0 Å². The van der Waals surface area contributed by atoms with Gasteiger partial charge in [-0.1, -0.05) is 24.3 Å². The Labute approximate surface area is 153 Å². The molecular formula is C18H23N3O4S. The zero-order valence-corrected chi connectivity index (χ0v) is 15.6. The number of nitrogens with zero attached hydrogens (tertiary/aromatic N) is 3. The van der Waals surface area contributed by atoms with Crippen molar-refractivity contribution in [1.82, 2.24) is 14.1 Å². The molecule has 0 N–H and O–H groups in total. The van der Waals surface area contributed by atoms with Crippen molar-refractivity contribution < 1.29 is 18.0 Å². The van der Waals surface area contributed by atoms with Crippen LogP contribution in [-0.2, 0) is 32.6 Å². The van der Waals surface area contributed by atoms with Crippen LogP contribution in [-0.4, -0.2) is 72.3 Å². The van der Waals surface area contributed by atoms with E-state index in [4.69, 9.17) is 0 Å². The fourth-order valence-electron chi connectivity index (χ4n) is 4.33. The second-order valence-electron chi connectivity index (χ2n) is 7.36. The zero-order chi connectivity index (χ0) is 18.5. The van der Waals surface area contributed by atoms with Gasteiger partial charge >= 0.3 is 0 Å². The molecule has 2 fully saturated rings. The molecule has 8 heteroatoms. The molecule has 0 saturated carbocycles. The van der Waals surface area contributed by atoms with Crippen LogP contribution >= 0.6 is 0 Å². The van der Waals surface area contributed by atoms with E-state index in [0.29, 0.717) is 32.5 Å². The van der Waals surface area contributed by atoms with Crippen LogP contribution in [0.2, 0.25) is 0 Å². The van der Waals surface area contributed by atoms with E-state index >= 15 is 0 Å². The van der Waals surface area contributed by atoms with Crippen molar-refractivity contribution in [2.45, 2.75) is 37.9 Å². The van der Waals surface area contributed by atoms with Gasteiger partial charge < -0.3 is 9.80 Å². The second kappa shape index (κ2) is 6.35. The Kier molecular flexibility index (Phi) is 4.27. The van der Waals surface area contributed by atoms with Crippen molar-refractivity contribution in [3.63, 3.8) is 0 Å². The lowest BCUT2D eigenvalue weighted by Crippen LogP contribution is -2.59. The number of carbonyl (C=O) groups is 2. The van der Waals surface area contributed by atoms with Gasteiger partial charge in [0, 0.05) is 38.6 Å². The Hall–Kier alpha value is -1.93. The highest BCUT2D eigenvalue weighted by atomic mass is 32.2. The fraction of sp³-hybridized carbons (Fsp3) is 0.556. The number of carbonyl (C=O) groups excluding carboxylic acids is 2. The molecule has 0 unspecified atom stereocenters. The third kappa shape index (κ3) is 3.01. The minimum atomic E-state index is -3.51. The third-order valence-electron chi connectivity index (χ3n) is 5.72. The number of hydrogen-bond donors (Lipinski definition) is 0. The highest BCUT2D eigenvalue weighted by molar-refractivity contribution is 7.88. The molecule has 1 aromatic rings. The number of hydrogen-bond acceptors (Lipinski definition) is 4. The van der Waals surface area contributed by atoms with E-state index in [1.54, 1.807) is 4.90 Å². The lowest BCUT2D eigenvalue weighted by atomic mass is 9.95. The van der Waals surface area contributed by atoms with Crippen LogP contribution in [0.1, 0.15) is 24.0 Å². The predicted octanol–water partition coefficient (Wildman–Crippen LogP) is 0.206. The number of piperazine rings is 1. The molecule has 0 bridgehead atoms. The van der Waals surface area contributed by atoms with Gasteiger partial charge in [0.05, 0.1) is 6.26 Å². The normalized spacial score (nSPS) is 26.6. The van der Waals surface area contributed by atoms with Crippen LogP contribution in [0, 0.1) is 0 Å². The summed E-state index contributed by atoms with van der Waals surface area (Å²) in [4.78, 5) is 28.7. The maximum absolute atomic E-state index is 13.2. The Morgan fingerprint density at radius 2 is 1.88 bits per heavy atom. The van der Waals surface area contributed by atoms with Crippen LogP contribution < -0.4 is 0 Å². The van der Waals surface area contributed by atoms with Gasteiger partial charge in [-0.25, -0.2) is 8.42 Å². The first-order chi connectivity index (χ1) is 12.3. The van der Waals surface area contributed by atoms with Crippen molar-refractivity contribution in [3.05, 3.63) is 35.4 Å². The van der Waals surface area contributed by atoms with Gasteiger partial charge in [-0.05, 0) is 24.0 Å². The molecule has 3 aliphatic heterocycles. The Balaban J connectivity index is 1.58. The molecule has 0 radical (unpaired) electrons. The summed E-state index contributed by atoms with van der Waals surface area (Å²) in [5, 5.41) is 0. The van der Waals surface area contributed by atoms with Crippen molar-refractivity contribution in [1.29, 1.82) is 0 Å². The van der Waals surface area contributed by atoms with E-state index in [0.717, 1.165) is 23.8 Å². The first kappa shape index (κ1) is 17.5. The second-order valence-corrected chi connectivity index (χ2v) is 9.30. The van der Waals surface area contributed by atoms with Gasteiger partial charge in [-0.2, -0.15) is 4.31 Å². The van der Waals surface area contributed by atoms with E-state index < -0.39 is 16.1 Å². The fourth-order valence-corrected chi connectivity index (χ4v) is 5.33. The standard InChI is InChI=1S/C18H23N3O4S/c1-26(24,25)21-11-14-5-3-2-4-13(14)10-16(21)18(23)19-8-9-20-15(12-19)6-7-17(20)22/h2-5,15-16H,6-12H2,1H3/t15-,16-/m0/s1. The summed E-state index contributed by atoms with van der Waals surface area (Å²) >= 11 is 0. The monoisotopic (exact) mass is 377 g/mol. The summed E-state index contributed by atoms with van der Waals surface area (Å²) in [5.74, 6) is 0.00961. The van der Waals surface area contributed by atoms with E-state index in [1.165, 1.54) is 4.31 Å². The van der Waals surface area contributed by atoms with E-state index in [1.807, 2.05) is 29.2 Å². The van der Waals surface area contributed by atoms with Crippen LogP contribution in [0.15, 0.2) is 24.3 Å². The zero-order valence-electron chi connectivity index (χ0n) is 14.8. The molecule has 3 aliphatic rings. The van der Waals surface area contributed by atoms with Crippen molar-refractivity contribution in [2.24, 2.45) is 0 Å². The molecule has 0 aliphatic carbocycles. The van der Waals surface area contributed by atoms with Crippen LogP contribution in [0.4, 0.5) is 0 Å². The minimum Gasteiger partial charge on any atom is -0.337 e. The summed E-state index contributed by atoms with van der Waals surface area (Å²) in [7, 11) is -3.51. The Morgan fingerprint density at radius 3 is 2.62 bits per heavy atom. The van der Waals surface area contributed by atoms with Gasteiger partial charge in [0.2, 0.25) is 21.8 Å². The summed E-state index contributed by atoms with van der Waals surface area (Å²) < 4.78 is 26.0. The largest absolute Gasteiger partial charge is 0.337 e. The predicted molar refractivity (Wildman–Crippen MR) is 95.6 cm³/mol. The minimum absolute atomic E-state index is 0.0720. The molecule has 2 saturated heterocycles. The smallest absolute Gasteiger partial charge is 0.241 e. The lowest BCUT2D eigenvalue weighted by molar-refractivity contribution is -0.142. The highest BCUT2D eigenvalue weighted by Crippen LogP contribution is 2.28. The molecule has 7 nitrogen and oxygen atoms in total. The average Bonchev–Trinajstić information content (AvgIpc) is 2.99. The summed E-state index contributed by atoms with van der Waals surface area (Å²) in [5.41, 5.74) is 1.98. The summed E-state index contributed by atoms with van der Waals surface area (Å²) in [6, 6.07) is 7.04. The van der Waals surface area contributed by atoms with E-state index in [-0.39, 0.29) is 24.4 Å². The molecule has 4 rings (SSSR count). The summed E-state index contributed by atoms with van der Waals surface area (Å²) in [6.45, 7) is 1.74. The quantitative estimate of drug-likeness (QED) is 0.738. The SMILES string of the molecule is CS(=O)(=O)N1Cc2ccccc2C[C@H]1C(=O)N1CCN2C(=O)CC[C@H]2C1. The number of benzene rings is 1. The third-order valence-corrected chi connectivity index (χ3v) is 6.96. The molecule has 0 spiro atoms. The molecule has 0 aromatic heterocycles. The number of sulfonamides is 1. The molecule has 2 amide bonds. The molecule has 140 valence electrons. The van der Waals surface area contributed by atoms with Crippen LogP contribution in [0.3, 0.4) is 0 Å². The van der Waals surface area contributed by atoms with Gasteiger partial charge in [-0.15, -0.1) is 0 Å². The number of amides is 2. The van der Waals surface area contributed by atoms with E-state index in [2.05, 4.69) is 0 Å². The highest BCUT2D eigenvalue weighted by Gasteiger charge is 2.42. The topological polar surface area (TPSA) is 78.0 Å². The van der Waals surface area contributed by atoms with Gasteiger partial charge in [0.1, 0.15) is 6.04 Å². The van der Waals surface area contributed by atoms with Gasteiger partial charge in [0.25, 0.3) is 0 Å². The maximum Gasteiger partial charge on any atom is 0.241 e. The lowest BCUT2D eigenvalue weighted by Gasteiger charge is -2.41. The van der Waals surface area contributed by atoms with E-state index in [9.17, 15) is 18.0 Å². The Bertz CT molecular complexity index is 854. The molecular weight excluding hydrogens is 354 g/mol. The van der Waals surface area contributed by atoms with Crippen LogP contribution in [0.25, 0.3) is 0 Å². The molecule has 3 heterocycles. The first-order valence-corrected chi connectivity index (χ1v) is 10.8. The van der Waals surface area contributed by atoms with Crippen molar-refractivity contribution >= 4 is 21.8 Å².